The highest BCUT2D eigenvalue weighted by atomic mass is 32.2. The lowest BCUT2D eigenvalue weighted by molar-refractivity contribution is 0.0964. The maximum atomic E-state index is 13.5. The Morgan fingerprint density at radius 2 is 2.00 bits per heavy atom. The van der Waals surface area contributed by atoms with Gasteiger partial charge in [0.05, 0.1) is 22.9 Å². The third kappa shape index (κ3) is 5.37. The normalized spacial score (nSPS) is 11.5. The predicted octanol–water partition coefficient (Wildman–Crippen LogP) is 4.09. The Kier molecular flexibility index (Phi) is 6.85. The van der Waals surface area contributed by atoms with Gasteiger partial charge in [-0.3, -0.25) is 4.79 Å². The molecule has 0 unspecified atom stereocenters. The van der Waals surface area contributed by atoms with Crippen molar-refractivity contribution in [2.75, 3.05) is 31.1 Å². The first kappa shape index (κ1) is 23.7. The number of halogens is 1. The summed E-state index contributed by atoms with van der Waals surface area (Å²) >= 11 is 1.51. The Morgan fingerprint density at radius 1 is 1.24 bits per heavy atom. The lowest BCUT2D eigenvalue weighted by atomic mass is 10.0. The zero-order valence-corrected chi connectivity index (χ0v) is 20.1. The predicted molar refractivity (Wildman–Crippen MR) is 130 cm³/mol. The van der Waals surface area contributed by atoms with E-state index in [0.717, 1.165) is 11.3 Å². The monoisotopic (exact) mass is 503 g/mol. The van der Waals surface area contributed by atoms with Crippen LogP contribution in [0.2, 0.25) is 0 Å². The molecule has 0 fully saturated rings. The average molecular weight is 504 g/mol. The van der Waals surface area contributed by atoms with Gasteiger partial charge in [0.2, 0.25) is 0 Å². The molecule has 4 aromatic rings. The van der Waals surface area contributed by atoms with Crippen LogP contribution < -0.4 is 15.4 Å². The van der Waals surface area contributed by atoms with E-state index in [1.54, 1.807) is 18.3 Å². The third-order valence-corrected chi connectivity index (χ3v) is 6.44. The van der Waals surface area contributed by atoms with Crippen LogP contribution in [0.25, 0.3) is 22.3 Å². The molecule has 178 valence electrons. The van der Waals surface area contributed by atoms with Crippen molar-refractivity contribution in [2.45, 2.75) is 6.42 Å². The first-order valence-corrected chi connectivity index (χ1v) is 13.2. The van der Waals surface area contributed by atoms with Crippen LogP contribution in [-0.2, 0) is 16.3 Å². The summed E-state index contributed by atoms with van der Waals surface area (Å²) < 4.78 is 48.9. The number of ether oxygens (including phenoxy) is 1. The molecular weight excluding hydrogens is 481 g/mol. The van der Waals surface area contributed by atoms with E-state index in [1.807, 2.05) is 5.38 Å². The van der Waals surface area contributed by atoms with Gasteiger partial charge in [-0.2, -0.15) is 0 Å². The van der Waals surface area contributed by atoms with Crippen molar-refractivity contribution in [3.63, 3.8) is 0 Å². The SMILES string of the molecule is CNC(=O)c1c(-c2ccc(F)cc2)oc2cc(NCS(C)(=O)=O)c(OCCc3nccs3)cc12. The topological polar surface area (TPSA) is 111 Å². The minimum Gasteiger partial charge on any atom is -0.491 e. The smallest absolute Gasteiger partial charge is 0.255 e. The number of sulfone groups is 1. The minimum absolute atomic E-state index is 0.267. The number of rotatable bonds is 9. The third-order valence-electron chi connectivity index (χ3n) is 4.93. The fourth-order valence-electron chi connectivity index (χ4n) is 3.37. The largest absolute Gasteiger partial charge is 0.491 e. The van der Waals surface area contributed by atoms with Crippen LogP contribution in [-0.4, -0.2) is 45.1 Å². The summed E-state index contributed by atoms with van der Waals surface area (Å²) in [6, 6.07) is 8.84. The Balaban J connectivity index is 1.79. The number of anilines is 1. The van der Waals surface area contributed by atoms with Gasteiger partial charge in [-0.15, -0.1) is 11.3 Å². The summed E-state index contributed by atoms with van der Waals surface area (Å²) in [5.74, 6) is -0.476. The number of benzene rings is 2. The van der Waals surface area contributed by atoms with Gasteiger partial charge in [-0.25, -0.2) is 17.8 Å². The van der Waals surface area contributed by atoms with Crippen LogP contribution >= 0.6 is 11.3 Å². The van der Waals surface area contributed by atoms with Crippen molar-refractivity contribution in [2.24, 2.45) is 0 Å². The molecule has 0 spiro atoms. The quantitative estimate of drug-likeness (QED) is 0.354. The Labute approximate surface area is 199 Å². The summed E-state index contributed by atoms with van der Waals surface area (Å²) in [6.07, 6.45) is 3.39. The van der Waals surface area contributed by atoms with E-state index in [4.69, 9.17) is 9.15 Å². The second-order valence-electron chi connectivity index (χ2n) is 7.51. The van der Waals surface area contributed by atoms with Crippen molar-refractivity contribution in [1.82, 2.24) is 10.3 Å². The Hall–Kier alpha value is -3.44. The molecule has 11 heteroatoms. The lowest BCUT2D eigenvalue weighted by Crippen LogP contribution is -2.18. The molecule has 4 rings (SSSR count). The molecule has 0 aliphatic rings. The van der Waals surface area contributed by atoms with E-state index in [1.165, 1.54) is 42.6 Å². The molecule has 0 aliphatic heterocycles. The summed E-state index contributed by atoms with van der Waals surface area (Å²) in [6.45, 7) is 0.296. The van der Waals surface area contributed by atoms with Gasteiger partial charge in [0.1, 0.15) is 28.8 Å². The molecule has 0 bridgehead atoms. The van der Waals surface area contributed by atoms with E-state index in [-0.39, 0.29) is 23.1 Å². The number of thiazole rings is 1. The lowest BCUT2D eigenvalue weighted by Gasteiger charge is -2.13. The molecular formula is C23H22FN3O5S2. The number of furan rings is 1. The zero-order chi connectivity index (χ0) is 24.3. The number of hydrogen-bond donors (Lipinski definition) is 2. The highest BCUT2D eigenvalue weighted by Crippen LogP contribution is 2.39. The Morgan fingerprint density at radius 3 is 2.65 bits per heavy atom. The molecule has 0 saturated heterocycles. The van der Waals surface area contributed by atoms with E-state index in [2.05, 4.69) is 15.6 Å². The summed E-state index contributed by atoms with van der Waals surface area (Å²) in [7, 11) is -1.82. The molecule has 34 heavy (non-hydrogen) atoms. The van der Waals surface area contributed by atoms with Gasteiger partial charge in [-0.1, -0.05) is 0 Å². The number of aromatic nitrogens is 1. The van der Waals surface area contributed by atoms with Crippen molar-refractivity contribution in [1.29, 1.82) is 0 Å². The van der Waals surface area contributed by atoms with Gasteiger partial charge >= 0.3 is 0 Å². The molecule has 2 aromatic carbocycles. The summed E-state index contributed by atoms with van der Waals surface area (Å²) in [4.78, 5) is 17.0. The number of nitrogens with one attached hydrogen (secondary N) is 2. The zero-order valence-electron chi connectivity index (χ0n) is 18.4. The minimum atomic E-state index is -3.32. The number of amides is 1. The second-order valence-corrected chi connectivity index (χ2v) is 10.6. The number of carbonyl (C=O) groups is 1. The molecule has 0 saturated carbocycles. The average Bonchev–Trinajstić information content (AvgIpc) is 3.44. The molecule has 0 atom stereocenters. The second kappa shape index (κ2) is 9.82. The van der Waals surface area contributed by atoms with Gasteiger partial charge in [-0.05, 0) is 30.3 Å². The van der Waals surface area contributed by atoms with Crippen molar-refractivity contribution in [3.05, 3.63) is 64.4 Å². The molecule has 0 aliphatic carbocycles. The van der Waals surface area contributed by atoms with Gasteiger partial charge in [0, 0.05) is 48.3 Å². The molecule has 2 aromatic heterocycles. The fourth-order valence-corrected chi connectivity index (χ4v) is 4.39. The van der Waals surface area contributed by atoms with E-state index in [9.17, 15) is 17.6 Å². The molecule has 8 nitrogen and oxygen atoms in total. The maximum Gasteiger partial charge on any atom is 0.255 e. The van der Waals surface area contributed by atoms with Gasteiger partial charge < -0.3 is 19.8 Å². The number of carbonyl (C=O) groups excluding carboxylic acids is 1. The van der Waals surface area contributed by atoms with Crippen molar-refractivity contribution in [3.8, 4) is 17.1 Å². The van der Waals surface area contributed by atoms with E-state index in [0.29, 0.717) is 41.0 Å². The number of nitrogens with zero attached hydrogens (tertiary/aromatic N) is 1. The van der Waals surface area contributed by atoms with Crippen LogP contribution in [0.5, 0.6) is 5.75 Å². The molecule has 1 amide bonds. The highest BCUT2D eigenvalue weighted by molar-refractivity contribution is 7.90. The summed E-state index contributed by atoms with van der Waals surface area (Å²) in [5, 5.41) is 8.73. The van der Waals surface area contributed by atoms with Gasteiger partial charge in [0.15, 0.2) is 9.84 Å². The standard InChI is InChI=1S/C23H22FN3O5S2/c1-25-23(28)21-16-11-19(31-9-7-20-26-8-10-33-20)17(27-13-34(2,29)30)12-18(16)32-22(21)14-3-5-15(24)6-4-14/h3-6,8,10-12,27H,7,9,13H2,1-2H3,(H,25,28). The van der Waals surface area contributed by atoms with Crippen molar-refractivity contribution < 1.29 is 26.8 Å². The molecule has 0 radical (unpaired) electrons. The van der Waals surface area contributed by atoms with Crippen LogP contribution in [0.1, 0.15) is 15.4 Å². The van der Waals surface area contributed by atoms with E-state index < -0.39 is 15.7 Å². The molecule has 2 heterocycles. The van der Waals surface area contributed by atoms with Crippen LogP contribution in [0.4, 0.5) is 10.1 Å². The van der Waals surface area contributed by atoms with Gasteiger partial charge in [0.25, 0.3) is 5.91 Å². The first-order chi connectivity index (χ1) is 16.2. The highest BCUT2D eigenvalue weighted by Gasteiger charge is 2.24. The van der Waals surface area contributed by atoms with Crippen LogP contribution in [0, 0.1) is 5.82 Å². The fraction of sp³-hybridized carbons (Fsp3) is 0.217. The number of hydrogen-bond acceptors (Lipinski definition) is 8. The molecule has 2 N–H and O–H groups in total. The Bertz CT molecular complexity index is 1420. The maximum absolute atomic E-state index is 13.5. The first-order valence-electron chi connectivity index (χ1n) is 10.3. The van der Waals surface area contributed by atoms with Crippen LogP contribution in [0.3, 0.4) is 0 Å². The summed E-state index contributed by atoms with van der Waals surface area (Å²) in [5.41, 5.74) is 1.54. The van der Waals surface area contributed by atoms with Crippen LogP contribution in [0.15, 0.2) is 52.4 Å². The van der Waals surface area contributed by atoms with E-state index >= 15 is 0 Å². The van der Waals surface area contributed by atoms with Crippen molar-refractivity contribution >= 4 is 43.7 Å². The number of fused-ring (bicyclic) bond motifs is 1.